The van der Waals surface area contributed by atoms with Crippen LogP contribution < -0.4 is 0 Å². The van der Waals surface area contributed by atoms with Gasteiger partial charge in [0.15, 0.2) is 5.69 Å². The van der Waals surface area contributed by atoms with E-state index in [4.69, 9.17) is 0 Å². The first kappa shape index (κ1) is 10.9. The smallest absolute Gasteiger partial charge is 0.282 e. The van der Waals surface area contributed by atoms with E-state index in [0.717, 1.165) is 6.92 Å². The van der Waals surface area contributed by atoms with E-state index >= 15 is 0 Å². The maximum Gasteiger partial charge on any atom is 0.435 e. The van der Waals surface area contributed by atoms with Crippen molar-refractivity contribution in [2.75, 3.05) is 0 Å². The maximum absolute atomic E-state index is 12.1. The van der Waals surface area contributed by atoms with Crippen molar-refractivity contribution in [2.45, 2.75) is 19.3 Å². The topological polar surface area (TPSA) is 28.7 Å². The fourth-order valence-electron chi connectivity index (χ4n) is 0.981. The zero-order chi connectivity index (χ0) is 11.1. The molecule has 1 aromatic rings. The molecule has 0 aliphatic heterocycles. The van der Waals surface area contributed by atoms with Crippen LogP contribution in [0.15, 0.2) is 0 Å². The molecular formula is C6H4F6N2. The fourth-order valence-corrected chi connectivity index (χ4v) is 0.981. The molecule has 1 N–H and O–H groups in total. The van der Waals surface area contributed by atoms with Crippen molar-refractivity contribution in [1.82, 2.24) is 10.2 Å². The Kier molecular flexibility index (Phi) is 2.24. The summed E-state index contributed by atoms with van der Waals surface area (Å²) in [7, 11) is 0. The van der Waals surface area contributed by atoms with E-state index in [1.807, 2.05) is 0 Å². The summed E-state index contributed by atoms with van der Waals surface area (Å²) in [6.07, 6.45) is -10.2. The first-order chi connectivity index (χ1) is 6.14. The van der Waals surface area contributed by atoms with Gasteiger partial charge < -0.3 is 0 Å². The second-order valence-electron chi connectivity index (χ2n) is 2.57. The van der Waals surface area contributed by atoms with Gasteiger partial charge in [-0.05, 0) is 6.92 Å². The van der Waals surface area contributed by atoms with Crippen LogP contribution in [0.4, 0.5) is 26.3 Å². The third kappa shape index (κ3) is 1.83. The third-order valence-corrected chi connectivity index (χ3v) is 1.50. The summed E-state index contributed by atoms with van der Waals surface area (Å²) >= 11 is 0. The van der Waals surface area contributed by atoms with Gasteiger partial charge in [-0.25, -0.2) is 0 Å². The molecule has 0 saturated heterocycles. The number of alkyl halides is 6. The number of halogens is 6. The molecule has 0 saturated carbocycles. The van der Waals surface area contributed by atoms with Gasteiger partial charge in [-0.15, -0.1) is 0 Å². The first-order valence-electron chi connectivity index (χ1n) is 3.33. The van der Waals surface area contributed by atoms with Gasteiger partial charge in [0.1, 0.15) is 5.56 Å². The van der Waals surface area contributed by atoms with Gasteiger partial charge in [0.25, 0.3) is 0 Å². The molecule has 0 aliphatic carbocycles. The molecule has 1 aromatic heterocycles. The highest BCUT2D eigenvalue weighted by Crippen LogP contribution is 2.40. The molecule has 2 nitrogen and oxygen atoms in total. The van der Waals surface area contributed by atoms with Crippen LogP contribution in [-0.2, 0) is 12.4 Å². The Hall–Kier alpha value is -1.21. The molecule has 0 spiro atoms. The number of H-pyrrole nitrogens is 1. The van der Waals surface area contributed by atoms with Crippen LogP contribution in [-0.4, -0.2) is 10.2 Å². The molecule has 0 unspecified atom stereocenters. The number of aryl methyl sites for hydroxylation is 1. The van der Waals surface area contributed by atoms with Crippen molar-refractivity contribution >= 4 is 0 Å². The number of hydrogen-bond acceptors (Lipinski definition) is 1. The average molecular weight is 218 g/mol. The Labute approximate surface area is 73.9 Å². The molecule has 80 valence electrons. The van der Waals surface area contributed by atoms with Gasteiger partial charge in [0.2, 0.25) is 0 Å². The Balaban J connectivity index is 3.35. The highest BCUT2D eigenvalue weighted by molar-refractivity contribution is 5.29. The maximum atomic E-state index is 12.1. The van der Waals surface area contributed by atoms with E-state index in [1.54, 1.807) is 5.10 Å². The molecule has 0 amide bonds. The van der Waals surface area contributed by atoms with Gasteiger partial charge in [0.05, 0.1) is 0 Å². The highest BCUT2D eigenvalue weighted by Gasteiger charge is 2.47. The first-order valence-corrected chi connectivity index (χ1v) is 3.33. The van der Waals surface area contributed by atoms with Gasteiger partial charge in [-0.3, -0.25) is 5.10 Å². The number of rotatable bonds is 0. The van der Waals surface area contributed by atoms with Crippen molar-refractivity contribution in [1.29, 1.82) is 0 Å². The van der Waals surface area contributed by atoms with Gasteiger partial charge in [-0.2, -0.15) is 31.4 Å². The molecule has 0 aliphatic rings. The average Bonchev–Trinajstić information content (AvgIpc) is 2.27. The molecule has 1 rings (SSSR count). The Morgan fingerprint density at radius 3 is 1.79 bits per heavy atom. The standard InChI is InChI=1S/C6H4F6N2/c1-2-3(5(7,8)9)4(14-13-2)6(10,11)12/h1H3,(H,13,14). The van der Waals surface area contributed by atoms with E-state index < -0.39 is 29.3 Å². The van der Waals surface area contributed by atoms with Crippen LogP contribution in [0.1, 0.15) is 17.0 Å². The van der Waals surface area contributed by atoms with Gasteiger partial charge in [-0.1, -0.05) is 0 Å². The van der Waals surface area contributed by atoms with Crippen molar-refractivity contribution in [3.05, 3.63) is 17.0 Å². The minimum absolute atomic E-state index is 0.648. The Bertz CT molecular complexity index is 333. The van der Waals surface area contributed by atoms with Crippen LogP contribution in [0.25, 0.3) is 0 Å². The summed E-state index contributed by atoms with van der Waals surface area (Å²) in [5, 5.41) is 4.24. The third-order valence-electron chi connectivity index (χ3n) is 1.50. The van der Waals surface area contributed by atoms with Crippen LogP contribution in [0.2, 0.25) is 0 Å². The minimum Gasteiger partial charge on any atom is -0.282 e. The number of nitrogens with one attached hydrogen (secondary N) is 1. The number of aromatic amines is 1. The zero-order valence-corrected chi connectivity index (χ0v) is 6.72. The molecule has 0 radical (unpaired) electrons. The van der Waals surface area contributed by atoms with E-state index in [1.165, 1.54) is 0 Å². The van der Waals surface area contributed by atoms with Crippen LogP contribution in [0.5, 0.6) is 0 Å². The molecular weight excluding hydrogens is 214 g/mol. The summed E-state index contributed by atoms with van der Waals surface area (Å²) in [6.45, 7) is 0.880. The lowest BCUT2D eigenvalue weighted by Crippen LogP contribution is -2.16. The van der Waals surface area contributed by atoms with E-state index in [0.29, 0.717) is 0 Å². The van der Waals surface area contributed by atoms with Gasteiger partial charge >= 0.3 is 12.4 Å². The Morgan fingerprint density at radius 2 is 1.50 bits per heavy atom. The second-order valence-corrected chi connectivity index (χ2v) is 2.57. The predicted molar refractivity (Wildman–Crippen MR) is 33.3 cm³/mol. The lowest BCUT2D eigenvalue weighted by molar-refractivity contribution is -0.164. The van der Waals surface area contributed by atoms with E-state index in [-0.39, 0.29) is 0 Å². The molecule has 0 aromatic carbocycles. The van der Waals surface area contributed by atoms with Crippen LogP contribution >= 0.6 is 0 Å². The monoisotopic (exact) mass is 218 g/mol. The zero-order valence-electron chi connectivity index (χ0n) is 6.72. The molecule has 8 heteroatoms. The molecule has 14 heavy (non-hydrogen) atoms. The number of aromatic nitrogens is 2. The predicted octanol–water partition coefficient (Wildman–Crippen LogP) is 2.76. The molecule has 0 fully saturated rings. The van der Waals surface area contributed by atoms with E-state index in [2.05, 4.69) is 5.10 Å². The molecule has 0 atom stereocenters. The van der Waals surface area contributed by atoms with Gasteiger partial charge in [0, 0.05) is 5.69 Å². The molecule has 1 heterocycles. The largest absolute Gasteiger partial charge is 0.435 e. The van der Waals surface area contributed by atoms with Crippen molar-refractivity contribution in [3.8, 4) is 0 Å². The van der Waals surface area contributed by atoms with Crippen molar-refractivity contribution in [2.24, 2.45) is 0 Å². The lowest BCUT2D eigenvalue weighted by atomic mass is 10.2. The lowest BCUT2D eigenvalue weighted by Gasteiger charge is -2.09. The van der Waals surface area contributed by atoms with Crippen LogP contribution in [0.3, 0.4) is 0 Å². The summed E-state index contributed by atoms with van der Waals surface area (Å²) in [5.41, 5.74) is -4.34. The summed E-state index contributed by atoms with van der Waals surface area (Å²) < 4.78 is 72.4. The van der Waals surface area contributed by atoms with Crippen molar-refractivity contribution in [3.63, 3.8) is 0 Å². The number of nitrogens with zero attached hydrogens (tertiary/aromatic N) is 1. The summed E-state index contributed by atoms with van der Waals surface area (Å²) in [5.74, 6) is 0. The normalized spacial score (nSPS) is 13.4. The SMILES string of the molecule is Cc1[nH]nc(C(F)(F)F)c1C(F)(F)F. The number of hydrogen-bond donors (Lipinski definition) is 1. The Morgan fingerprint density at radius 1 is 1.00 bits per heavy atom. The highest BCUT2D eigenvalue weighted by atomic mass is 19.4. The molecule has 0 bridgehead atoms. The minimum atomic E-state index is -5.10. The quantitative estimate of drug-likeness (QED) is 0.666. The summed E-state index contributed by atoms with van der Waals surface area (Å²) in [4.78, 5) is 0. The van der Waals surface area contributed by atoms with Crippen LogP contribution in [0, 0.1) is 6.92 Å². The van der Waals surface area contributed by atoms with Crippen molar-refractivity contribution < 1.29 is 26.3 Å². The summed E-state index contributed by atoms with van der Waals surface area (Å²) in [6, 6.07) is 0. The fraction of sp³-hybridized carbons (Fsp3) is 0.500. The van der Waals surface area contributed by atoms with E-state index in [9.17, 15) is 26.3 Å². The second kappa shape index (κ2) is 2.89.